The highest BCUT2D eigenvalue weighted by atomic mass is 15.1. The van der Waals surface area contributed by atoms with Crippen LogP contribution >= 0.6 is 0 Å². The summed E-state index contributed by atoms with van der Waals surface area (Å²) in [5.74, 6) is 0.794. The number of likely N-dealkylation sites (tertiary alicyclic amines) is 1. The summed E-state index contributed by atoms with van der Waals surface area (Å²) in [7, 11) is 0. The quantitative estimate of drug-likeness (QED) is 0.746. The molecule has 0 aromatic heterocycles. The van der Waals surface area contributed by atoms with E-state index in [2.05, 4.69) is 31.0 Å². The molecule has 1 saturated heterocycles. The van der Waals surface area contributed by atoms with Crippen molar-refractivity contribution in [2.45, 2.75) is 71.8 Å². The fourth-order valence-electron chi connectivity index (χ4n) is 2.83. The molecule has 1 N–H and O–H groups in total. The van der Waals surface area contributed by atoms with E-state index in [1.807, 2.05) is 0 Å². The number of nitrogens with zero attached hydrogens (tertiary/aromatic N) is 1. The van der Waals surface area contributed by atoms with Crippen molar-refractivity contribution in [1.82, 2.24) is 10.2 Å². The van der Waals surface area contributed by atoms with Crippen molar-refractivity contribution in [3.05, 3.63) is 0 Å². The second kappa shape index (κ2) is 9.80. The Balaban J connectivity index is 2.40. The van der Waals surface area contributed by atoms with Crippen molar-refractivity contribution in [1.29, 1.82) is 0 Å². The lowest BCUT2D eigenvalue weighted by atomic mass is 9.97. The first-order valence-electron chi connectivity index (χ1n) is 8.23. The summed E-state index contributed by atoms with van der Waals surface area (Å²) >= 11 is 0. The maximum Gasteiger partial charge on any atom is 0.0220 e. The fourth-order valence-corrected chi connectivity index (χ4v) is 2.83. The maximum absolute atomic E-state index is 3.76. The van der Waals surface area contributed by atoms with Crippen molar-refractivity contribution < 1.29 is 0 Å². The molecule has 0 amide bonds. The van der Waals surface area contributed by atoms with Crippen LogP contribution in [-0.2, 0) is 0 Å². The third kappa shape index (κ3) is 6.19. The van der Waals surface area contributed by atoms with Gasteiger partial charge in [0.1, 0.15) is 0 Å². The molecule has 2 atom stereocenters. The average molecular weight is 254 g/mol. The molecule has 0 spiro atoms. The first kappa shape index (κ1) is 16.0. The largest absolute Gasteiger partial charge is 0.312 e. The molecule has 0 aromatic rings. The Morgan fingerprint density at radius 3 is 2.17 bits per heavy atom. The highest BCUT2D eigenvalue weighted by Crippen LogP contribution is 2.14. The van der Waals surface area contributed by atoms with Gasteiger partial charge in [-0.25, -0.2) is 0 Å². The van der Waals surface area contributed by atoms with Gasteiger partial charge in [-0.1, -0.05) is 46.5 Å². The van der Waals surface area contributed by atoms with E-state index in [1.54, 1.807) is 0 Å². The lowest BCUT2D eigenvalue weighted by molar-refractivity contribution is 0.196. The second-order valence-electron chi connectivity index (χ2n) is 6.01. The van der Waals surface area contributed by atoms with E-state index in [4.69, 9.17) is 0 Å². The first-order valence-corrected chi connectivity index (χ1v) is 8.23. The highest BCUT2D eigenvalue weighted by molar-refractivity contribution is 4.77. The zero-order valence-electron chi connectivity index (χ0n) is 12.9. The van der Waals surface area contributed by atoms with E-state index in [0.717, 1.165) is 5.92 Å². The highest BCUT2D eigenvalue weighted by Gasteiger charge is 2.19. The van der Waals surface area contributed by atoms with E-state index in [9.17, 15) is 0 Å². The summed E-state index contributed by atoms with van der Waals surface area (Å²) in [5.41, 5.74) is 0. The molecule has 1 heterocycles. The van der Waals surface area contributed by atoms with Gasteiger partial charge in [0.2, 0.25) is 0 Å². The predicted molar refractivity (Wildman–Crippen MR) is 81.1 cm³/mol. The standard InChI is InChI=1S/C16H34N2/c1-4-11-17-16(15(3)5-2)14-18-12-9-7-6-8-10-13-18/h15-17H,4-14H2,1-3H3. The Hall–Kier alpha value is -0.0800. The Bertz CT molecular complexity index is 186. The first-order chi connectivity index (χ1) is 8.77. The Morgan fingerprint density at radius 1 is 1.00 bits per heavy atom. The summed E-state index contributed by atoms with van der Waals surface area (Å²) in [5, 5.41) is 3.76. The van der Waals surface area contributed by atoms with Crippen LogP contribution in [0.2, 0.25) is 0 Å². The third-order valence-corrected chi connectivity index (χ3v) is 4.39. The zero-order chi connectivity index (χ0) is 13.2. The smallest absolute Gasteiger partial charge is 0.0220 e. The molecular formula is C16H34N2. The minimum Gasteiger partial charge on any atom is -0.312 e. The number of hydrogen-bond acceptors (Lipinski definition) is 2. The molecule has 18 heavy (non-hydrogen) atoms. The maximum atomic E-state index is 3.76. The average Bonchev–Trinajstić information content (AvgIpc) is 2.35. The summed E-state index contributed by atoms with van der Waals surface area (Å²) in [4.78, 5) is 2.71. The van der Waals surface area contributed by atoms with Gasteiger partial charge >= 0.3 is 0 Å². The normalized spacial score (nSPS) is 22.2. The summed E-state index contributed by atoms with van der Waals surface area (Å²) in [6.45, 7) is 12.0. The van der Waals surface area contributed by atoms with Crippen LogP contribution in [0.3, 0.4) is 0 Å². The van der Waals surface area contributed by atoms with Crippen LogP contribution in [0.15, 0.2) is 0 Å². The Labute approximate surface area is 115 Å². The van der Waals surface area contributed by atoms with Crippen LogP contribution in [0.5, 0.6) is 0 Å². The monoisotopic (exact) mass is 254 g/mol. The zero-order valence-corrected chi connectivity index (χ0v) is 12.9. The van der Waals surface area contributed by atoms with Gasteiger partial charge in [-0.15, -0.1) is 0 Å². The van der Waals surface area contributed by atoms with Crippen LogP contribution < -0.4 is 5.32 Å². The van der Waals surface area contributed by atoms with E-state index in [-0.39, 0.29) is 0 Å². The molecule has 0 aliphatic carbocycles. The van der Waals surface area contributed by atoms with E-state index in [0.29, 0.717) is 6.04 Å². The minimum absolute atomic E-state index is 0.689. The molecule has 0 aromatic carbocycles. The van der Waals surface area contributed by atoms with Gasteiger partial charge in [0, 0.05) is 12.6 Å². The topological polar surface area (TPSA) is 15.3 Å². The second-order valence-corrected chi connectivity index (χ2v) is 6.01. The van der Waals surface area contributed by atoms with Gasteiger partial charge in [-0.3, -0.25) is 0 Å². The van der Waals surface area contributed by atoms with Crippen molar-refractivity contribution in [2.75, 3.05) is 26.2 Å². The lowest BCUT2D eigenvalue weighted by Crippen LogP contribution is -2.46. The molecule has 2 heteroatoms. The van der Waals surface area contributed by atoms with Crippen molar-refractivity contribution in [3.63, 3.8) is 0 Å². The molecule has 0 radical (unpaired) electrons. The van der Waals surface area contributed by atoms with Gasteiger partial charge in [-0.05, 0) is 44.8 Å². The molecule has 2 nitrogen and oxygen atoms in total. The van der Waals surface area contributed by atoms with Crippen LogP contribution in [0.4, 0.5) is 0 Å². The lowest BCUT2D eigenvalue weighted by Gasteiger charge is -2.32. The van der Waals surface area contributed by atoms with Gasteiger partial charge in [-0.2, -0.15) is 0 Å². The van der Waals surface area contributed by atoms with Crippen molar-refractivity contribution in [2.24, 2.45) is 5.92 Å². The minimum atomic E-state index is 0.689. The van der Waals surface area contributed by atoms with Gasteiger partial charge in [0.05, 0.1) is 0 Å². The summed E-state index contributed by atoms with van der Waals surface area (Å²) < 4.78 is 0. The van der Waals surface area contributed by atoms with Gasteiger partial charge in [0.25, 0.3) is 0 Å². The molecule has 0 bridgehead atoms. The molecule has 0 saturated carbocycles. The molecule has 1 rings (SSSR count). The number of nitrogens with one attached hydrogen (secondary N) is 1. The van der Waals surface area contributed by atoms with Crippen LogP contribution in [0.1, 0.15) is 65.7 Å². The van der Waals surface area contributed by atoms with E-state index in [1.165, 1.54) is 71.1 Å². The van der Waals surface area contributed by atoms with Crippen LogP contribution in [-0.4, -0.2) is 37.1 Å². The SMILES string of the molecule is CCCNC(CN1CCCCCCC1)C(C)CC. The van der Waals surface area contributed by atoms with Crippen LogP contribution in [0.25, 0.3) is 0 Å². The Kier molecular flexibility index (Phi) is 8.70. The Morgan fingerprint density at radius 2 is 1.61 bits per heavy atom. The summed E-state index contributed by atoms with van der Waals surface area (Å²) in [6, 6.07) is 0.689. The van der Waals surface area contributed by atoms with Crippen molar-refractivity contribution >= 4 is 0 Å². The molecule has 2 unspecified atom stereocenters. The fraction of sp³-hybridized carbons (Fsp3) is 1.00. The van der Waals surface area contributed by atoms with E-state index >= 15 is 0 Å². The molecular weight excluding hydrogens is 220 g/mol. The van der Waals surface area contributed by atoms with Crippen molar-refractivity contribution in [3.8, 4) is 0 Å². The van der Waals surface area contributed by atoms with E-state index < -0.39 is 0 Å². The van der Waals surface area contributed by atoms with Gasteiger partial charge in [0.15, 0.2) is 0 Å². The summed E-state index contributed by atoms with van der Waals surface area (Å²) in [6.07, 6.45) is 9.67. The molecule has 1 aliphatic rings. The number of rotatable bonds is 7. The third-order valence-electron chi connectivity index (χ3n) is 4.39. The molecule has 1 aliphatic heterocycles. The van der Waals surface area contributed by atoms with Gasteiger partial charge < -0.3 is 10.2 Å². The van der Waals surface area contributed by atoms with Crippen LogP contribution in [0, 0.1) is 5.92 Å². The predicted octanol–water partition coefficient (Wildman–Crippen LogP) is 3.67. The molecule has 1 fully saturated rings. The molecule has 108 valence electrons. The number of hydrogen-bond donors (Lipinski definition) is 1.